The lowest BCUT2D eigenvalue weighted by Crippen LogP contribution is -2.32. The van der Waals surface area contributed by atoms with E-state index in [4.69, 9.17) is 5.73 Å². The molecule has 1 heterocycles. The number of carbonyl (C=O) groups is 1. The molecule has 0 radical (unpaired) electrons. The molecule has 5 heteroatoms. The van der Waals surface area contributed by atoms with E-state index in [1.807, 2.05) is 5.38 Å². The van der Waals surface area contributed by atoms with Gasteiger partial charge >= 0.3 is 0 Å². The summed E-state index contributed by atoms with van der Waals surface area (Å²) in [6.45, 7) is 6.07. The van der Waals surface area contributed by atoms with Crippen LogP contribution in [0.25, 0.3) is 11.3 Å². The minimum atomic E-state index is -0.535. The summed E-state index contributed by atoms with van der Waals surface area (Å²) >= 11 is 1.41. The molecular formula is C16H21N3OS. The molecule has 112 valence electrons. The number of hydrogen-bond donors (Lipinski definition) is 2. The molecule has 4 nitrogen and oxygen atoms in total. The molecule has 3 N–H and O–H groups in total. The first-order valence-corrected chi connectivity index (χ1v) is 7.95. The van der Waals surface area contributed by atoms with Gasteiger partial charge in [-0.2, -0.15) is 0 Å². The fourth-order valence-corrected chi connectivity index (χ4v) is 2.69. The van der Waals surface area contributed by atoms with E-state index in [0.717, 1.165) is 17.7 Å². The standard InChI is InChI=1S/C16H21N3OS/c1-10(2)8-12-4-6-13(7-5-12)14-9-21-16(18-14)19-15(20)11(3)17/h4-7,9-11H,8,17H2,1-3H3,(H,18,19,20)/t11-/m1/s1. The number of benzene rings is 1. The van der Waals surface area contributed by atoms with E-state index in [1.54, 1.807) is 6.92 Å². The number of thiazole rings is 1. The first-order valence-electron chi connectivity index (χ1n) is 7.07. The number of nitrogens with two attached hydrogens (primary N) is 1. The lowest BCUT2D eigenvalue weighted by molar-refractivity contribution is -0.117. The van der Waals surface area contributed by atoms with E-state index in [2.05, 4.69) is 48.4 Å². The van der Waals surface area contributed by atoms with Crippen molar-refractivity contribution in [2.45, 2.75) is 33.2 Å². The normalized spacial score (nSPS) is 12.4. The van der Waals surface area contributed by atoms with Gasteiger partial charge in [-0.1, -0.05) is 38.1 Å². The molecule has 0 bridgehead atoms. The molecule has 21 heavy (non-hydrogen) atoms. The quantitative estimate of drug-likeness (QED) is 0.890. The number of aromatic nitrogens is 1. The largest absolute Gasteiger partial charge is 0.320 e. The van der Waals surface area contributed by atoms with Crippen molar-refractivity contribution in [3.63, 3.8) is 0 Å². The molecule has 0 fully saturated rings. The van der Waals surface area contributed by atoms with Gasteiger partial charge in [0.05, 0.1) is 11.7 Å². The van der Waals surface area contributed by atoms with Gasteiger partial charge in [0.15, 0.2) is 5.13 Å². The predicted molar refractivity (Wildman–Crippen MR) is 88.4 cm³/mol. The highest BCUT2D eigenvalue weighted by atomic mass is 32.1. The summed E-state index contributed by atoms with van der Waals surface area (Å²) in [6, 6.07) is 7.88. The van der Waals surface area contributed by atoms with Crippen molar-refractivity contribution in [2.24, 2.45) is 11.7 Å². The summed E-state index contributed by atoms with van der Waals surface area (Å²) in [4.78, 5) is 16.0. The van der Waals surface area contributed by atoms with Crippen LogP contribution in [0.1, 0.15) is 26.3 Å². The van der Waals surface area contributed by atoms with Gasteiger partial charge in [0.1, 0.15) is 0 Å². The zero-order valence-corrected chi connectivity index (χ0v) is 13.4. The van der Waals surface area contributed by atoms with E-state index >= 15 is 0 Å². The highest BCUT2D eigenvalue weighted by Crippen LogP contribution is 2.25. The minimum absolute atomic E-state index is 0.219. The number of anilines is 1. The Bertz CT molecular complexity index is 602. The summed E-state index contributed by atoms with van der Waals surface area (Å²) < 4.78 is 0. The summed E-state index contributed by atoms with van der Waals surface area (Å²) in [6.07, 6.45) is 1.08. The van der Waals surface area contributed by atoms with Crippen molar-refractivity contribution in [1.29, 1.82) is 0 Å². The van der Waals surface area contributed by atoms with Crippen LogP contribution in [0.4, 0.5) is 5.13 Å². The zero-order valence-electron chi connectivity index (χ0n) is 12.6. The van der Waals surface area contributed by atoms with Crippen LogP contribution in [0, 0.1) is 5.92 Å². The van der Waals surface area contributed by atoms with Crippen molar-refractivity contribution < 1.29 is 4.79 Å². The maximum absolute atomic E-state index is 11.5. The maximum atomic E-state index is 11.5. The van der Waals surface area contributed by atoms with Crippen molar-refractivity contribution in [3.05, 3.63) is 35.2 Å². The van der Waals surface area contributed by atoms with Gasteiger partial charge in [0, 0.05) is 10.9 Å². The zero-order chi connectivity index (χ0) is 15.4. The summed E-state index contributed by atoms with van der Waals surface area (Å²) in [5, 5.41) is 5.23. The number of carbonyl (C=O) groups excluding carboxylic acids is 1. The van der Waals surface area contributed by atoms with E-state index in [9.17, 15) is 4.79 Å². The number of hydrogen-bond acceptors (Lipinski definition) is 4. The molecule has 1 aromatic heterocycles. The van der Waals surface area contributed by atoms with Crippen molar-refractivity contribution >= 4 is 22.4 Å². The van der Waals surface area contributed by atoms with E-state index in [1.165, 1.54) is 16.9 Å². The third-order valence-corrected chi connectivity index (χ3v) is 3.80. The maximum Gasteiger partial charge on any atom is 0.242 e. The summed E-state index contributed by atoms with van der Waals surface area (Å²) in [5.41, 5.74) is 8.78. The fourth-order valence-electron chi connectivity index (χ4n) is 1.97. The van der Waals surface area contributed by atoms with E-state index < -0.39 is 6.04 Å². The second kappa shape index (κ2) is 6.83. The topological polar surface area (TPSA) is 68.0 Å². The number of amides is 1. The van der Waals surface area contributed by atoms with E-state index in [-0.39, 0.29) is 5.91 Å². The molecule has 0 aliphatic heterocycles. The second-order valence-electron chi connectivity index (χ2n) is 5.61. The highest BCUT2D eigenvalue weighted by molar-refractivity contribution is 7.14. The molecule has 0 aliphatic rings. The van der Waals surface area contributed by atoms with Crippen LogP contribution >= 0.6 is 11.3 Å². The Kier molecular flexibility index (Phi) is 5.09. The van der Waals surface area contributed by atoms with Gasteiger partial charge in [0.25, 0.3) is 0 Å². The third-order valence-electron chi connectivity index (χ3n) is 3.04. The number of nitrogens with one attached hydrogen (secondary N) is 1. The second-order valence-corrected chi connectivity index (χ2v) is 6.47. The van der Waals surface area contributed by atoms with Gasteiger partial charge in [-0.3, -0.25) is 4.79 Å². The average molecular weight is 303 g/mol. The molecule has 1 atom stereocenters. The monoisotopic (exact) mass is 303 g/mol. The molecule has 0 aliphatic carbocycles. The van der Waals surface area contributed by atoms with Crippen LogP contribution in [0.15, 0.2) is 29.6 Å². The first-order chi connectivity index (χ1) is 9.95. The average Bonchev–Trinajstić information content (AvgIpc) is 2.87. The lowest BCUT2D eigenvalue weighted by Gasteiger charge is -2.05. The Morgan fingerprint density at radius 3 is 2.52 bits per heavy atom. The van der Waals surface area contributed by atoms with Gasteiger partial charge in [0.2, 0.25) is 5.91 Å². The Labute approximate surface area is 129 Å². The first kappa shape index (κ1) is 15.7. The number of nitrogens with zero attached hydrogens (tertiary/aromatic N) is 1. The van der Waals surface area contributed by atoms with Gasteiger partial charge in [-0.25, -0.2) is 4.98 Å². The van der Waals surface area contributed by atoms with Crippen LogP contribution in [0.2, 0.25) is 0 Å². The van der Waals surface area contributed by atoms with Gasteiger partial charge in [-0.15, -0.1) is 11.3 Å². The molecule has 0 saturated carbocycles. The summed E-state index contributed by atoms with van der Waals surface area (Å²) in [7, 11) is 0. The molecule has 2 aromatic rings. The minimum Gasteiger partial charge on any atom is -0.320 e. The van der Waals surface area contributed by atoms with Gasteiger partial charge < -0.3 is 11.1 Å². The SMILES string of the molecule is CC(C)Cc1ccc(-c2csc(NC(=O)[C@@H](C)N)n2)cc1. The van der Waals surface area contributed by atoms with Crippen molar-refractivity contribution in [1.82, 2.24) is 4.98 Å². The van der Waals surface area contributed by atoms with Crippen LogP contribution < -0.4 is 11.1 Å². The van der Waals surface area contributed by atoms with Gasteiger partial charge in [-0.05, 0) is 24.8 Å². The van der Waals surface area contributed by atoms with Crippen LogP contribution in [-0.2, 0) is 11.2 Å². The Morgan fingerprint density at radius 2 is 1.95 bits per heavy atom. The smallest absolute Gasteiger partial charge is 0.242 e. The Morgan fingerprint density at radius 1 is 1.29 bits per heavy atom. The summed E-state index contributed by atoms with van der Waals surface area (Å²) in [5.74, 6) is 0.429. The third kappa shape index (κ3) is 4.37. The highest BCUT2D eigenvalue weighted by Gasteiger charge is 2.11. The molecule has 1 amide bonds. The van der Waals surface area contributed by atoms with Crippen molar-refractivity contribution in [2.75, 3.05) is 5.32 Å². The van der Waals surface area contributed by atoms with Crippen molar-refractivity contribution in [3.8, 4) is 11.3 Å². The molecule has 0 unspecified atom stereocenters. The molecule has 0 saturated heterocycles. The van der Waals surface area contributed by atoms with Crippen LogP contribution in [0.3, 0.4) is 0 Å². The molecule has 2 rings (SSSR count). The predicted octanol–water partition coefficient (Wildman–Crippen LogP) is 3.29. The van der Waals surface area contributed by atoms with E-state index in [0.29, 0.717) is 11.0 Å². The number of rotatable bonds is 5. The van der Waals surface area contributed by atoms with Crippen LogP contribution in [-0.4, -0.2) is 16.9 Å². The Hall–Kier alpha value is -1.72. The lowest BCUT2D eigenvalue weighted by atomic mass is 10.0. The molecule has 0 spiro atoms. The molecular weight excluding hydrogens is 282 g/mol. The fraction of sp³-hybridized carbons (Fsp3) is 0.375. The Balaban J connectivity index is 2.09. The van der Waals surface area contributed by atoms with Crippen LogP contribution in [0.5, 0.6) is 0 Å². The molecule has 1 aromatic carbocycles.